The summed E-state index contributed by atoms with van der Waals surface area (Å²) in [6, 6.07) is 20.4. The summed E-state index contributed by atoms with van der Waals surface area (Å²) >= 11 is 17.8. The summed E-state index contributed by atoms with van der Waals surface area (Å²) in [5.41, 5.74) is 2.33. The summed E-state index contributed by atoms with van der Waals surface area (Å²) in [5.74, 6) is -5.86. The molecule has 246 valence electrons. The molecule has 4 aliphatic rings. The lowest BCUT2D eigenvalue weighted by Crippen LogP contribution is -2.60. The first-order valence-corrected chi connectivity index (χ1v) is 17.3. The van der Waals surface area contributed by atoms with Gasteiger partial charge in [0.2, 0.25) is 11.8 Å². The van der Waals surface area contributed by atoms with E-state index in [1.54, 1.807) is 42.5 Å². The van der Waals surface area contributed by atoms with Crippen molar-refractivity contribution in [3.8, 4) is 11.5 Å². The number of carbonyl (C=O) groups excluding carboxylic acids is 5. The number of imide groups is 2. The molecule has 0 bridgehead atoms. The summed E-state index contributed by atoms with van der Waals surface area (Å²) < 4.78 is 5.91. The molecular formula is C36H29BrCl2N2O7. The lowest BCUT2D eigenvalue weighted by molar-refractivity contribution is -0.138. The summed E-state index contributed by atoms with van der Waals surface area (Å²) in [5, 5.41) is 11.5. The molecule has 9 nitrogen and oxygen atoms in total. The van der Waals surface area contributed by atoms with Gasteiger partial charge in [0, 0.05) is 23.1 Å². The lowest BCUT2D eigenvalue weighted by atomic mass is 9.56. The van der Waals surface area contributed by atoms with Crippen LogP contribution in [0.1, 0.15) is 47.2 Å². The van der Waals surface area contributed by atoms with Crippen LogP contribution in [-0.2, 0) is 25.8 Å². The van der Waals surface area contributed by atoms with Crippen LogP contribution in [0.5, 0.6) is 11.5 Å². The minimum Gasteiger partial charge on any atom is -0.508 e. The van der Waals surface area contributed by atoms with Crippen LogP contribution in [0.15, 0.2) is 84.4 Å². The Bertz CT molecular complexity index is 1920. The van der Waals surface area contributed by atoms with Crippen molar-refractivity contribution in [1.82, 2.24) is 4.90 Å². The van der Waals surface area contributed by atoms with Gasteiger partial charge in [-0.15, -0.1) is 23.2 Å². The molecular weight excluding hydrogens is 723 g/mol. The van der Waals surface area contributed by atoms with Crippen molar-refractivity contribution in [3.63, 3.8) is 0 Å². The molecule has 7 rings (SSSR count). The van der Waals surface area contributed by atoms with Gasteiger partial charge in [0.15, 0.2) is 15.5 Å². The van der Waals surface area contributed by atoms with E-state index in [0.717, 1.165) is 15.4 Å². The van der Waals surface area contributed by atoms with E-state index in [2.05, 4.69) is 15.9 Å². The van der Waals surface area contributed by atoms with Crippen molar-refractivity contribution in [1.29, 1.82) is 0 Å². The Morgan fingerprint density at radius 3 is 2.31 bits per heavy atom. The molecule has 0 spiro atoms. The number of rotatable bonds is 7. The number of halogens is 3. The van der Waals surface area contributed by atoms with E-state index in [4.69, 9.17) is 27.9 Å². The number of alkyl halides is 3. The molecule has 3 fully saturated rings. The molecule has 2 saturated heterocycles. The Labute approximate surface area is 294 Å². The quantitative estimate of drug-likeness (QED) is 0.102. The minimum atomic E-state index is -2.05. The highest BCUT2D eigenvalue weighted by molar-refractivity contribution is 9.09. The highest BCUT2D eigenvalue weighted by Crippen LogP contribution is 2.66. The molecule has 2 aliphatic heterocycles. The number of hydrogen-bond donors (Lipinski definition) is 1. The van der Waals surface area contributed by atoms with E-state index in [1.165, 1.54) is 13.0 Å². The van der Waals surface area contributed by atoms with E-state index in [0.29, 0.717) is 22.6 Å². The first-order chi connectivity index (χ1) is 22.9. The second-order valence-corrected chi connectivity index (χ2v) is 14.3. The second kappa shape index (κ2) is 11.9. The van der Waals surface area contributed by atoms with Gasteiger partial charge >= 0.3 is 0 Å². The molecule has 48 heavy (non-hydrogen) atoms. The highest BCUT2D eigenvalue weighted by Gasteiger charge is 2.76. The number of amides is 4. The molecule has 12 heteroatoms. The fourth-order valence-corrected chi connectivity index (χ4v) is 9.21. The Morgan fingerprint density at radius 1 is 0.958 bits per heavy atom. The maximum Gasteiger partial charge on any atom is 0.254 e. The standard InChI is InChI=1S/C36H29BrCl2N2O7/c1-19(42)21-7-9-22(10-8-21)41-31(44)26-14-13-24-27(29(26)32(41)45)16-35(38)33(46)40(18-37)34(47)36(35,39)30(24)25-12-11-23(15-28(25)43)48-17-20-5-3-2-4-6-20/h2-13,15,26-27,29-30,43H,14,16-18H2,1H3/t26-,27+,29-,30+,35+,36-/m0/s1. The van der Waals surface area contributed by atoms with Crippen LogP contribution in [0, 0.1) is 17.8 Å². The SMILES string of the molecule is CC(=O)c1ccc(N2C(=O)[C@H]3[C@H](CC=C4[C@H]3C[C@@]3(Cl)C(=O)N(CBr)C(=O)[C@@]3(Cl)[C@H]4c3ccc(OCc4ccccc4)cc3O)C2=O)cc1. The van der Waals surface area contributed by atoms with Gasteiger partial charge < -0.3 is 9.84 Å². The number of likely N-dealkylation sites (tertiary alicyclic amines) is 1. The van der Waals surface area contributed by atoms with Crippen molar-refractivity contribution in [3.05, 3.63) is 101 Å². The van der Waals surface area contributed by atoms with Crippen molar-refractivity contribution < 1.29 is 33.8 Å². The topological polar surface area (TPSA) is 121 Å². The van der Waals surface area contributed by atoms with Gasteiger partial charge in [-0.3, -0.25) is 33.8 Å². The highest BCUT2D eigenvalue weighted by atomic mass is 79.9. The maximum absolute atomic E-state index is 14.2. The van der Waals surface area contributed by atoms with Crippen LogP contribution in [-0.4, -0.2) is 54.6 Å². The normalized spacial score (nSPS) is 29.4. The van der Waals surface area contributed by atoms with Gasteiger partial charge in [-0.2, -0.15) is 0 Å². The number of hydrogen-bond acceptors (Lipinski definition) is 7. The monoisotopic (exact) mass is 750 g/mol. The second-order valence-electron chi connectivity index (χ2n) is 12.6. The van der Waals surface area contributed by atoms with Crippen molar-refractivity contribution in [2.45, 2.75) is 42.0 Å². The fourth-order valence-electron chi connectivity index (χ4n) is 7.80. The number of fused-ring (bicyclic) bond motifs is 4. The maximum atomic E-state index is 14.2. The van der Waals surface area contributed by atoms with Gasteiger partial charge in [0.1, 0.15) is 18.1 Å². The largest absolute Gasteiger partial charge is 0.508 e. The average molecular weight is 752 g/mol. The van der Waals surface area contributed by atoms with E-state index in [-0.39, 0.29) is 42.0 Å². The van der Waals surface area contributed by atoms with Gasteiger partial charge in [-0.25, -0.2) is 0 Å². The van der Waals surface area contributed by atoms with Gasteiger partial charge in [0.25, 0.3) is 11.8 Å². The predicted octanol–water partition coefficient (Wildman–Crippen LogP) is 6.09. The van der Waals surface area contributed by atoms with Crippen LogP contribution in [0.4, 0.5) is 5.69 Å². The van der Waals surface area contributed by atoms with Gasteiger partial charge in [0.05, 0.1) is 23.0 Å². The number of anilines is 1. The van der Waals surface area contributed by atoms with Crippen LogP contribution in [0.25, 0.3) is 0 Å². The van der Waals surface area contributed by atoms with E-state index >= 15 is 0 Å². The molecule has 1 saturated carbocycles. The number of phenols is 1. The molecule has 0 radical (unpaired) electrons. The van der Waals surface area contributed by atoms with Crippen molar-refractivity contribution in [2.24, 2.45) is 17.8 Å². The molecule has 3 aromatic carbocycles. The Hall–Kier alpha value is -3.99. The van der Waals surface area contributed by atoms with Gasteiger partial charge in [-0.05, 0) is 61.6 Å². The molecule has 2 aliphatic carbocycles. The number of allylic oxidation sites excluding steroid dienone is 2. The number of ether oxygens (including phenoxy) is 1. The third kappa shape index (κ3) is 4.67. The fraction of sp³-hybridized carbons (Fsp3) is 0.306. The third-order valence-corrected chi connectivity index (χ3v) is 12.0. The molecule has 3 aromatic rings. The first kappa shape index (κ1) is 32.6. The lowest BCUT2D eigenvalue weighted by Gasteiger charge is -2.50. The van der Waals surface area contributed by atoms with Crippen LogP contribution in [0.2, 0.25) is 0 Å². The number of nitrogens with zero attached hydrogens (tertiary/aromatic N) is 2. The van der Waals surface area contributed by atoms with Gasteiger partial charge in [-0.1, -0.05) is 64.0 Å². The van der Waals surface area contributed by atoms with Crippen LogP contribution >= 0.6 is 39.1 Å². The number of Topliss-reactive ketones (excluding diaryl/α,β-unsaturated/α-hetero) is 1. The summed E-state index contributed by atoms with van der Waals surface area (Å²) in [7, 11) is 0. The average Bonchev–Trinajstić information content (AvgIpc) is 3.42. The summed E-state index contributed by atoms with van der Waals surface area (Å²) in [6.45, 7) is 1.68. The number of phenolic OH excluding ortho intramolecular Hbond substituents is 1. The minimum absolute atomic E-state index is 0.152. The zero-order valence-electron chi connectivity index (χ0n) is 25.6. The zero-order chi connectivity index (χ0) is 34.1. The number of carbonyl (C=O) groups is 5. The first-order valence-electron chi connectivity index (χ1n) is 15.4. The van der Waals surface area contributed by atoms with Crippen molar-refractivity contribution >= 4 is 74.2 Å². The third-order valence-electron chi connectivity index (χ3n) is 10.1. The Kier molecular flexibility index (Phi) is 8.04. The van der Waals surface area contributed by atoms with Crippen molar-refractivity contribution in [2.75, 3.05) is 10.4 Å². The van der Waals surface area contributed by atoms with E-state index in [9.17, 15) is 29.1 Å². The van der Waals surface area contributed by atoms with E-state index in [1.807, 2.05) is 30.3 Å². The predicted molar refractivity (Wildman–Crippen MR) is 181 cm³/mol. The smallest absolute Gasteiger partial charge is 0.254 e. The molecule has 4 amide bonds. The number of ketones is 1. The molecule has 0 unspecified atom stereocenters. The summed E-state index contributed by atoms with van der Waals surface area (Å²) in [6.07, 6.45) is 1.80. The molecule has 6 atom stereocenters. The molecule has 0 aromatic heterocycles. The Balaban J connectivity index is 1.30. The number of aromatic hydroxyl groups is 1. The summed E-state index contributed by atoms with van der Waals surface area (Å²) in [4.78, 5) is 65.8. The zero-order valence-corrected chi connectivity index (χ0v) is 28.7. The number of benzene rings is 3. The van der Waals surface area contributed by atoms with E-state index < -0.39 is 57.0 Å². The van der Waals surface area contributed by atoms with Crippen LogP contribution < -0.4 is 9.64 Å². The molecule has 2 heterocycles. The molecule has 1 N–H and O–H groups in total. The Morgan fingerprint density at radius 2 is 1.67 bits per heavy atom. The van der Waals surface area contributed by atoms with Crippen LogP contribution in [0.3, 0.4) is 0 Å².